The number of benzene rings is 2. The van der Waals surface area contributed by atoms with Gasteiger partial charge >= 0.3 is 5.63 Å². The van der Waals surface area contributed by atoms with Crippen molar-refractivity contribution in [1.82, 2.24) is 0 Å². The largest absolute Gasteiger partial charge is 0.422 e. The third-order valence-corrected chi connectivity index (χ3v) is 3.99. The van der Waals surface area contributed by atoms with Crippen LogP contribution in [-0.4, -0.2) is 0 Å². The van der Waals surface area contributed by atoms with Crippen molar-refractivity contribution in [2.75, 3.05) is 5.32 Å². The summed E-state index contributed by atoms with van der Waals surface area (Å²) in [6, 6.07) is 14.9. The van der Waals surface area contributed by atoms with Crippen molar-refractivity contribution in [1.29, 1.82) is 5.26 Å². The van der Waals surface area contributed by atoms with Crippen LogP contribution in [-0.2, 0) is 6.54 Å². The normalized spacial score (nSPS) is 10.5. The molecule has 0 bridgehead atoms. The van der Waals surface area contributed by atoms with Gasteiger partial charge in [-0.2, -0.15) is 5.26 Å². The lowest BCUT2D eigenvalue weighted by molar-refractivity contribution is 0.556. The van der Waals surface area contributed by atoms with Crippen molar-refractivity contribution < 1.29 is 4.42 Å². The third-order valence-electron chi connectivity index (χ3n) is 3.99. The van der Waals surface area contributed by atoms with E-state index in [1.54, 1.807) is 12.1 Å². The van der Waals surface area contributed by atoms with Crippen LogP contribution in [0.2, 0.25) is 0 Å². The summed E-state index contributed by atoms with van der Waals surface area (Å²) >= 11 is 0. The van der Waals surface area contributed by atoms with Gasteiger partial charge in [-0.3, -0.25) is 0 Å². The quantitative estimate of drug-likeness (QED) is 0.745. The van der Waals surface area contributed by atoms with E-state index in [9.17, 15) is 4.79 Å². The molecule has 0 amide bonds. The van der Waals surface area contributed by atoms with E-state index in [-0.39, 0.29) is 5.63 Å². The maximum Gasteiger partial charge on any atom is 0.336 e. The number of fused-ring (bicyclic) bond motifs is 1. The number of nitrogens with one attached hydrogen (secondary N) is 1. The molecule has 1 aromatic heterocycles. The Bertz CT molecular complexity index is 981. The van der Waals surface area contributed by atoms with Gasteiger partial charge < -0.3 is 9.73 Å². The Morgan fingerprint density at radius 3 is 2.78 bits per heavy atom. The van der Waals surface area contributed by atoms with Crippen LogP contribution < -0.4 is 10.9 Å². The first kappa shape index (κ1) is 14.9. The van der Waals surface area contributed by atoms with Crippen LogP contribution in [0.4, 0.5) is 5.69 Å². The smallest absolute Gasteiger partial charge is 0.336 e. The Morgan fingerprint density at radius 2 is 2.00 bits per heavy atom. The average molecular weight is 304 g/mol. The molecule has 0 spiro atoms. The minimum atomic E-state index is -0.353. The number of hydrogen-bond donors (Lipinski definition) is 1. The second-order valence-corrected chi connectivity index (χ2v) is 5.52. The molecule has 0 saturated heterocycles. The molecule has 1 N–H and O–H groups in total. The Kier molecular flexibility index (Phi) is 3.86. The van der Waals surface area contributed by atoms with Gasteiger partial charge in [0.25, 0.3) is 0 Å². The molecule has 0 unspecified atom stereocenters. The lowest BCUT2D eigenvalue weighted by Crippen LogP contribution is -2.06. The third kappa shape index (κ3) is 2.95. The average Bonchev–Trinajstić information content (AvgIpc) is 2.56. The summed E-state index contributed by atoms with van der Waals surface area (Å²) in [5, 5.41) is 13.1. The predicted octanol–water partition coefficient (Wildman–Crippen LogP) is 3.89. The van der Waals surface area contributed by atoms with Crippen molar-refractivity contribution in [3.05, 3.63) is 75.1 Å². The molecule has 2 aromatic carbocycles. The molecule has 114 valence electrons. The second kappa shape index (κ2) is 5.98. The van der Waals surface area contributed by atoms with Gasteiger partial charge in [-0.05, 0) is 48.7 Å². The predicted molar refractivity (Wildman–Crippen MR) is 90.4 cm³/mol. The monoisotopic (exact) mass is 304 g/mol. The molecule has 0 aliphatic rings. The van der Waals surface area contributed by atoms with Crippen LogP contribution in [0.15, 0.2) is 51.7 Å². The van der Waals surface area contributed by atoms with Crippen LogP contribution in [0.3, 0.4) is 0 Å². The van der Waals surface area contributed by atoms with Crippen LogP contribution >= 0.6 is 0 Å². The highest BCUT2D eigenvalue weighted by molar-refractivity contribution is 5.84. The zero-order valence-corrected chi connectivity index (χ0v) is 13.0. The molecule has 23 heavy (non-hydrogen) atoms. The molecule has 4 nitrogen and oxygen atoms in total. The summed E-state index contributed by atoms with van der Waals surface area (Å²) < 4.78 is 5.38. The van der Waals surface area contributed by atoms with Gasteiger partial charge in [0.05, 0.1) is 11.6 Å². The number of rotatable bonds is 3. The molecule has 0 fully saturated rings. The van der Waals surface area contributed by atoms with Crippen molar-refractivity contribution in [2.45, 2.75) is 20.4 Å². The second-order valence-electron chi connectivity index (χ2n) is 5.52. The molecular weight excluding hydrogens is 288 g/mol. The molecule has 0 saturated carbocycles. The Balaban J connectivity index is 1.98. The topological polar surface area (TPSA) is 66.0 Å². The van der Waals surface area contributed by atoms with Gasteiger partial charge in [-0.1, -0.05) is 18.2 Å². The molecule has 0 aliphatic carbocycles. The van der Waals surface area contributed by atoms with E-state index < -0.39 is 0 Å². The lowest BCUT2D eigenvalue weighted by Gasteiger charge is -2.11. The zero-order chi connectivity index (χ0) is 16.4. The summed E-state index contributed by atoms with van der Waals surface area (Å²) in [5.74, 6) is 0. The van der Waals surface area contributed by atoms with Crippen LogP contribution in [0, 0.1) is 25.2 Å². The Labute approximate surface area is 134 Å². The summed E-state index contributed by atoms with van der Waals surface area (Å²) in [6.07, 6.45) is 0. The standard InChI is InChI=1S/C19H16N2O2/c1-12-6-7-17-15(9-18(22)23-19(17)13(12)2)11-21-16-5-3-4-14(8-16)10-20/h3-9,21H,11H2,1-2H3. The molecule has 1 heterocycles. The van der Waals surface area contributed by atoms with Crippen LogP contribution in [0.1, 0.15) is 22.3 Å². The van der Waals surface area contributed by atoms with Crippen molar-refractivity contribution >= 4 is 16.7 Å². The molecular formula is C19H16N2O2. The number of hydrogen-bond acceptors (Lipinski definition) is 4. The fourth-order valence-corrected chi connectivity index (χ4v) is 2.57. The van der Waals surface area contributed by atoms with Crippen molar-refractivity contribution in [3.63, 3.8) is 0 Å². The highest BCUT2D eigenvalue weighted by atomic mass is 16.4. The summed E-state index contributed by atoms with van der Waals surface area (Å²) in [4.78, 5) is 11.8. The first-order valence-electron chi connectivity index (χ1n) is 7.35. The van der Waals surface area contributed by atoms with Crippen molar-refractivity contribution in [2.24, 2.45) is 0 Å². The van der Waals surface area contributed by atoms with E-state index in [1.165, 1.54) is 6.07 Å². The minimum absolute atomic E-state index is 0.353. The number of anilines is 1. The molecule has 0 atom stereocenters. The van der Waals surface area contributed by atoms with E-state index in [4.69, 9.17) is 9.68 Å². The number of nitrogens with zero attached hydrogens (tertiary/aromatic N) is 1. The maximum atomic E-state index is 11.8. The van der Waals surface area contributed by atoms with E-state index in [0.29, 0.717) is 17.7 Å². The highest BCUT2D eigenvalue weighted by Crippen LogP contribution is 2.24. The van der Waals surface area contributed by atoms with E-state index in [2.05, 4.69) is 11.4 Å². The summed E-state index contributed by atoms with van der Waals surface area (Å²) in [6.45, 7) is 4.43. The van der Waals surface area contributed by atoms with E-state index >= 15 is 0 Å². The molecule has 3 aromatic rings. The molecule has 0 aliphatic heterocycles. The zero-order valence-electron chi connectivity index (χ0n) is 13.0. The highest BCUT2D eigenvalue weighted by Gasteiger charge is 2.09. The number of nitriles is 1. The van der Waals surface area contributed by atoms with Crippen molar-refractivity contribution in [3.8, 4) is 6.07 Å². The Morgan fingerprint density at radius 1 is 1.17 bits per heavy atom. The molecule has 0 radical (unpaired) electrons. The van der Waals surface area contributed by atoms with Crippen LogP contribution in [0.25, 0.3) is 11.0 Å². The van der Waals surface area contributed by atoms with Gasteiger partial charge in [0.15, 0.2) is 0 Å². The number of aryl methyl sites for hydroxylation is 2. The SMILES string of the molecule is Cc1ccc2c(CNc3cccc(C#N)c3)cc(=O)oc2c1C. The van der Waals surface area contributed by atoms with E-state index in [0.717, 1.165) is 27.8 Å². The van der Waals surface area contributed by atoms with Crippen LogP contribution in [0.5, 0.6) is 0 Å². The molecule has 4 heteroatoms. The molecule has 3 rings (SSSR count). The van der Waals surface area contributed by atoms with E-state index in [1.807, 2.05) is 38.1 Å². The fraction of sp³-hybridized carbons (Fsp3) is 0.158. The maximum absolute atomic E-state index is 11.8. The van der Waals surface area contributed by atoms with Gasteiger partial charge in [-0.15, -0.1) is 0 Å². The first-order valence-corrected chi connectivity index (χ1v) is 7.35. The summed E-state index contributed by atoms with van der Waals surface area (Å²) in [5.41, 5.74) is 4.67. The lowest BCUT2D eigenvalue weighted by atomic mass is 10.0. The summed E-state index contributed by atoms with van der Waals surface area (Å²) in [7, 11) is 0. The van der Waals surface area contributed by atoms with Gasteiger partial charge in [-0.25, -0.2) is 4.79 Å². The van der Waals surface area contributed by atoms with Gasteiger partial charge in [0.1, 0.15) is 5.58 Å². The fourth-order valence-electron chi connectivity index (χ4n) is 2.57. The Hall–Kier alpha value is -3.06. The first-order chi connectivity index (χ1) is 11.1. The van der Waals surface area contributed by atoms with Gasteiger partial charge in [0.2, 0.25) is 0 Å². The minimum Gasteiger partial charge on any atom is -0.422 e. The van der Waals surface area contributed by atoms with Gasteiger partial charge in [0, 0.05) is 23.7 Å².